The number of hydrogen-bond donors (Lipinski definition) is 1. The van der Waals surface area contributed by atoms with Crippen LogP contribution in [0.25, 0.3) is 0 Å². The zero-order chi connectivity index (χ0) is 16.7. The Kier molecular flexibility index (Phi) is 4.52. The van der Waals surface area contributed by atoms with E-state index in [9.17, 15) is 9.59 Å². The van der Waals surface area contributed by atoms with Gasteiger partial charge in [-0.15, -0.1) is 0 Å². The van der Waals surface area contributed by atoms with Gasteiger partial charge in [-0.2, -0.15) is 0 Å². The standard InChI is InChI=1S/C15H26N2O4Si/c1-7-11-10(2)15(3,21-22(4,5)6)13(20-11)17-9-8-12(18)16-14(17)19/h8-11,13H,7H2,1-6H3,(H,16,18,19)/t10-,11+,13+,15?/m0/s1. The van der Waals surface area contributed by atoms with Gasteiger partial charge in [-0.05, 0) is 33.0 Å². The lowest BCUT2D eigenvalue weighted by Crippen LogP contribution is -2.50. The zero-order valence-corrected chi connectivity index (χ0v) is 15.2. The highest BCUT2D eigenvalue weighted by molar-refractivity contribution is 6.69. The molecule has 1 saturated heterocycles. The van der Waals surface area contributed by atoms with Gasteiger partial charge in [0, 0.05) is 18.2 Å². The third-order valence-electron chi connectivity index (χ3n) is 4.29. The summed E-state index contributed by atoms with van der Waals surface area (Å²) in [7, 11) is -1.85. The highest BCUT2D eigenvalue weighted by Crippen LogP contribution is 2.46. The normalized spacial score (nSPS) is 32.4. The van der Waals surface area contributed by atoms with Gasteiger partial charge in [0.2, 0.25) is 0 Å². The summed E-state index contributed by atoms with van der Waals surface area (Å²) < 4.78 is 14.0. The molecule has 0 spiro atoms. The van der Waals surface area contributed by atoms with Crippen LogP contribution in [0.3, 0.4) is 0 Å². The lowest BCUT2D eigenvalue weighted by molar-refractivity contribution is -0.0778. The molecule has 0 saturated carbocycles. The van der Waals surface area contributed by atoms with Crippen molar-refractivity contribution in [3.8, 4) is 0 Å². The molecule has 2 rings (SSSR count). The monoisotopic (exact) mass is 326 g/mol. The van der Waals surface area contributed by atoms with E-state index in [-0.39, 0.29) is 12.0 Å². The summed E-state index contributed by atoms with van der Waals surface area (Å²) in [5.74, 6) is 0.146. The van der Waals surface area contributed by atoms with Crippen LogP contribution >= 0.6 is 0 Å². The lowest BCUT2D eigenvalue weighted by Gasteiger charge is -2.39. The van der Waals surface area contributed by atoms with Gasteiger partial charge < -0.3 is 9.16 Å². The first-order valence-corrected chi connectivity index (χ1v) is 11.2. The summed E-state index contributed by atoms with van der Waals surface area (Å²) >= 11 is 0. The molecule has 124 valence electrons. The van der Waals surface area contributed by atoms with Crippen molar-refractivity contribution in [1.82, 2.24) is 9.55 Å². The fraction of sp³-hybridized carbons (Fsp3) is 0.733. The number of aromatic nitrogens is 2. The van der Waals surface area contributed by atoms with Crippen molar-refractivity contribution in [3.05, 3.63) is 33.1 Å². The van der Waals surface area contributed by atoms with Crippen molar-refractivity contribution >= 4 is 8.32 Å². The van der Waals surface area contributed by atoms with Crippen LogP contribution in [0, 0.1) is 5.92 Å². The summed E-state index contributed by atoms with van der Waals surface area (Å²) in [5, 5.41) is 0. The fourth-order valence-corrected chi connectivity index (χ4v) is 4.83. The Morgan fingerprint density at radius 3 is 2.55 bits per heavy atom. The quantitative estimate of drug-likeness (QED) is 0.860. The Bertz CT molecular complexity index is 648. The SMILES string of the molecule is CC[C@H]1O[C@@H](n2ccc(=O)[nH]c2=O)C(C)(O[Si](C)(C)C)[C@H]1C. The minimum Gasteiger partial charge on any atom is -0.407 e. The first kappa shape index (κ1) is 17.2. The number of ether oxygens (including phenoxy) is 1. The van der Waals surface area contributed by atoms with Crippen LogP contribution in [0.2, 0.25) is 19.6 Å². The van der Waals surface area contributed by atoms with E-state index in [0.29, 0.717) is 0 Å². The molecule has 0 bridgehead atoms. The smallest absolute Gasteiger partial charge is 0.330 e. The maximum atomic E-state index is 12.2. The summed E-state index contributed by atoms with van der Waals surface area (Å²) in [6.07, 6.45) is 1.82. The molecule has 1 unspecified atom stereocenters. The largest absolute Gasteiger partial charge is 0.407 e. The first-order valence-electron chi connectivity index (χ1n) is 7.75. The van der Waals surface area contributed by atoms with Gasteiger partial charge >= 0.3 is 5.69 Å². The molecule has 1 N–H and O–H groups in total. The molecule has 1 fully saturated rings. The third-order valence-corrected chi connectivity index (χ3v) is 5.34. The molecule has 1 aromatic rings. The Balaban J connectivity index is 2.51. The summed E-state index contributed by atoms with van der Waals surface area (Å²) in [4.78, 5) is 25.8. The minimum atomic E-state index is -1.85. The molecule has 0 aromatic carbocycles. The maximum Gasteiger partial charge on any atom is 0.330 e. The number of hydrogen-bond acceptors (Lipinski definition) is 4. The van der Waals surface area contributed by atoms with E-state index < -0.39 is 31.4 Å². The third kappa shape index (κ3) is 3.11. The van der Waals surface area contributed by atoms with Crippen LogP contribution in [0.1, 0.15) is 33.4 Å². The van der Waals surface area contributed by atoms with Crippen LogP contribution in [0.15, 0.2) is 21.9 Å². The van der Waals surface area contributed by atoms with Gasteiger partial charge in [-0.3, -0.25) is 14.3 Å². The summed E-state index contributed by atoms with van der Waals surface area (Å²) in [5.41, 5.74) is -1.48. The fourth-order valence-electron chi connectivity index (χ4n) is 3.22. The number of aromatic amines is 1. The van der Waals surface area contributed by atoms with Gasteiger partial charge in [-0.25, -0.2) is 4.79 Å². The zero-order valence-electron chi connectivity index (χ0n) is 14.2. The van der Waals surface area contributed by atoms with Crippen molar-refractivity contribution < 1.29 is 9.16 Å². The molecule has 2 heterocycles. The second kappa shape index (κ2) is 5.79. The van der Waals surface area contributed by atoms with E-state index in [0.717, 1.165) is 6.42 Å². The van der Waals surface area contributed by atoms with Gasteiger partial charge in [-0.1, -0.05) is 13.8 Å². The molecule has 0 amide bonds. The van der Waals surface area contributed by atoms with Crippen LogP contribution in [-0.2, 0) is 9.16 Å². The van der Waals surface area contributed by atoms with Crippen molar-refractivity contribution in [2.24, 2.45) is 5.92 Å². The van der Waals surface area contributed by atoms with Gasteiger partial charge in [0.15, 0.2) is 14.5 Å². The van der Waals surface area contributed by atoms with Gasteiger partial charge in [0.25, 0.3) is 5.56 Å². The second-order valence-electron chi connectivity index (χ2n) is 7.14. The molecule has 1 aliphatic heterocycles. The molecule has 0 radical (unpaired) electrons. The van der Waals surface area contributed by atoms with Crippen molar-refractivity contribution in [2.75, 3.05) is 0 Å². The molecule has 22 heavy (non-hydrogen) atoms. The molecular formula is C15H26N2O4Si. The van der Waals surface area contributed by atoms with Crippen molar-refractivity contribution in [1.29, 1.82) is 0 Å². The number of nitrogens with zero attached hydrogens (tertiary/aromatic N) is 1. The number of rotatable bonds is 4. The minimum absolute atomic E-state index is 0.0187. The van der Waals surface area contributed by atoms with Crippen molar-refractivity contribution in [3.63, 3.8) is 0 Å². The van der Waals surface area contributed by atoms with Crippen molar-refractivity contribution in [2.45, 2.75) is 64.8 Å². The second-order valence-corrected chi connectivity index (χ2v) is 11.6. The molecule has 6 nitrogen and oxygen atoms in total. The maximum absolute atomic E-state index is 12.2. The van der Waals surface area contributed by atoms with Crippen LogP contribution in [0.4, 0.5) is 0 Å². The first-order chi connectivity index (χ1) is 10.1. The Morgan fingerprint density at radius 2 is 2.05 bits per heavy atom. The predicted octanol–water partition coefficient (Wildman–Crippen LogP) is 2.09. The molecule has 1 aliphatic rings. The van der Waals surface area contributed by atoms with Gasteiger partial charge in [0.05, 0.1) is 6.10 Å². The Hall–Kier alpha value is -1.18. The van der Waals surface area contributed by atoms with Crippen LogP contribution in [-0.4, -0.2) is 29.6 Å². The Morgan fingerprint density at radius 1 is 1.41 bits per heavy atom. The lowest BCUT2D eigenvalue weighted by atomic mass is 9.87. The summed E-state index contributed by atoms with van der Waals surface area (Å²) in [6.45, 7) is 12.5. The number of nitrogens with one attached hydrogen (secondary N) is 1. The predicted molar refractivity (Wildman–Crippen MR) is 87.5 cm³/mol. The molecule has 0 aliphatic carbocycles. The molecular weight excluding hydrogens is 300 g/mol. The molecule has 7 heteroatoms. The van der Waals surface area contributed by atoms with E-state index >= 15 is 0 Å². The van der Waals surface area contributed by atoms with E-state index in [1.165, 1.54) is 16.8 Å². The number of H-pyrrole nitrogens is 1. The highest BCUT2D eigenvalue weighted by Gasteiger charge is 2.54. The van der Waals surface area contributed by atoms with E-state index in [4.69, 9.17) is 9.16 Å². The average Bonchev–Trinajstić information content (AvgIpc) is 2.60. The molecule has 1 aromatic heterocycles. The average molecular weight is 326 g/mol. The van der Waals surface area contributed by atoms with Crippen LogP contribution in [0.5, 0.6) is 0 Å². The van der Waals surface area contributed by atoms with E-state index in [1.807, 2.05) is 6.92 Å². The topological polar surface area (TPSA) is 73.3 Å². The van der Waals surface area contributed by atoms with Crippen LogP contribution < -0.4 is 11.2 Å². The van der Waals surface area contributed by atoms with E-state index in [2.05, 4.69) is 38.5 Å². The van der Waals surface area contributed by atoms with Gasteiger partial charge in [0.1, 0.15) is 5.60 Å². The van der Waals surface area contributed by atoms with E-state index in [1.54, 1.807) is 0 Å². The summed E-state index contributed by atoms with van der Waals surface area (Å²) in [6, 6.07) is 1.34. The molecule has 4 atom stereocenters. The Labute approximate surface area is 131 Å². The highest BCUT2D eigenvalue weighted by atomic mass is 28.4.